The summed E-state index contributed by atoms with van der Waals surface area (Å²) in [6.45, 7) is 2.14. The fourth-order valence-electron chi connectivity index (χ4n) is 3.75. The molecule has 0 radical (unpaired) electrons. The van der Waals surface area contributed by atoms with Gasteiger partial charge in [-0.1, -0.05) is 35.0 Å². The molecule has 0 aliphatic rings. The van der Waals surface area contributed by atoms with Crippen molar-refractivity contribution in [2.75, 3.05) is 7.11 Å². The van der Waals surface area contributed by atoms with Crippen LogP contribution in [-0.4, -0.2) is 34.1 Å². The first kappa shape index (κ1) is 28.0. The third-order valence-electron chi connectivity index (χ3n) is 5.59. The number of fused-ring (bicyclic) bond motifs is 1. The number of aryl methyl sites for hydroxylation is 1. The average Bonchev–Trinajstić information content (AvgIpc) is 2.90. The second-order valence-electron chi connectivity index (χ2n) is 8.22. The van der Waals surface area contributed by atoms with E-state index in [1.165, 1.54) is 17.9 Å². The molecule has 0 aliphatic heterocycles. The van der Waals surface area contributed by atoms with E-state index in [4.69, 9.17) is 9.47 Å². The Morgan fingerprint density at radius 1 is 1.13 bits per heavy atom. The van der Waals surface area contributed by atoms with E-state index in [1.807, 2.05) is 19.1 Å². The highest BCUT2D eigenvalue weighted by molar-refractivity contribution is 9.13. The molecule has 0 aliphatic carbocycles. The van der Waals surface area contributed by atoms with Crippen molar-refractivity contribution in [1.82, 2.24) is 9.66 Å². The molecular weight excluding hydrogens is 686 g/mol. The second kappa shape index (κ2) is 12.2. The van der Waals surface area contributed by atoms with Crippen LogP contribution in [0, 0.1) is 0 Å². The Balaban J connectivity index is 1.70. The van der Waals surface area contributed by atoms with Crippen LogP contribution in [0.1, 0.15) is 40.7 Å². The van der Waals surface area contributed by atoms with Crippen LogP contribution in [0.3, 0.4) is 0 Å². The van der Waals surface area contributed by atoms with Gasteiger partial charge >= 0.3 is 5.97 Å². The van der Waals surface area contributed by atoms with Gasteiger partial charge in [0.05, 0.1) is 34.3 Å². The Morgan fingerprint density at radius 2 is 1.92 bits per heavy atom. The Labute approximate surface area is 243 Å². The summed E-state index contributed by atoms with van der Waals surface area (Å²) in [5.41, 5.74) is 1.87. The molecule has 196 valence electrons. The Morgan fingerprint density at radius 3 is 2.63 bits per heavy atom. The van der Waals surface area contributed by atoms with Crippen LogP contribution in [0.25, 0.3) is 10.9 Å². The average molecular weight is 708 g/mol. The summed E-state index contributed by atoms with van der Waals surface area (Å²) in [5.74, 6) is 0.414. The third kappa shape index (κ3) is 6.00. The standard InChI is InChI=1S/C27H22Br3N3O5/c1-3-5-22-32-20-9-8-18(28)12-19(20)26(34)33(22)31-13-17-11-21(37-2)25(24(30)23(17)29)38-14-15-6-4-7-16(10-15)27(35)36/h4,6-13H,3,5,14H2,1-2H3,(H,35,36). The number of ether oxygens (including phenoxy) is 2. The van der Waals surface area contributed by atoms with Crippen LogP contribution in [0.2, 0.25) is 0 Å². The van der Waals surface area contributed by atoms with Crippen LogP contribution in [-0.2, 0) is 13.0 Å². The maximum absolute atomic E-state index is 13.3. The lowest BCUT2D eigenvalue weighted by Gasteiger charge is -2.16. The van der Waals surface area contributed by atoms with Gasteiger partial charge in [0.25, 0.3) is 5.56 Å². The van der Waals surface area contributed by atoms with E-state index >= 15 is 0 Å². The van der Waals surface area contributed by atoms with Crippen molar-refractivity contribution in [2.24, 2.45) is 5.10 Å². The van der Waals surface area contributed by atoms with Crippen molar-refractivity contribution in [3.05, 3.63) is 94.8 Å². The number of carboxylic acid groups (broad SMARTS) is 1. The highest BCUT2D eigenvalue weighted by atomic mass is 79.9. The summed E-state index contributed by atoms with van der Waals surface area (Å²) in [7, 11) is 1.52. The molecule has 8 nitrogen and oxygen atoms in total. The van der Waals surface area contributed by atoms with E-state index in [2.05, 4.69) is 57.9 Å². The quantitative estimate of drug-likeness (QED) is 0.192. The molecule has 0 saturated heterocycles. The number of rotatable bonds is 9. The summed E-state index contributed by atoms with van der Waals surface area (Å²) in [5, 5.41) is 14.2. The molecule has 0 saturated carbocycles. The zero-order valence-corrected chi connectivity index (χ0v) is 25.1. The number of benzene rings is 3. The Hall–Kier alpha value is -3.02. The highest BCUT2D eigenvalue weighted by Gasteiger charge is 2.18. The molecule has 0 spiro atoms. The van der Waals surface area contributed by atoms with Crippen molar-refractivity contribution in [2.45, 2.75) is 26.4 Å². The smallest absolute Gasteiger partial charge is 0.335 e. The number of methoxy groups -OCH3 is 1. The molecule has 0 unspecified atom stereocenters. The van der Waals surface area contributed by atoms with E-state index in [-0.39, 0.29) is 17.7 Å². The summed E-state index contributed by atoms with van der Waals surface area (Å²) in [6.07, 6.45) is 2.95. The Kier molecular flexibility index (Phi) is 9.01. The fourth-order valence-corrected chi connectivity index (χ4v) is 5.05. The number of halogens is 3. The van der Waals surface area contributed by atoms with Crippen LogP contribution in [0.4, 0.5) is 0 Å². The third-order valence-corrected chi connectivity index (χ3v) is 8.23. The number of hydrogen-bond donors (Lipinski definition) is 1. The molecule has 0 bridgehead atoms. The van der Waals surface area contributed by atoms with Gasteiger partial charge in [0, 0.05) is 20.9 Å². The number of carboxylic acids is 1. The predicted octanol–water partition coefficient (Wildman–Crippen LogP) is 6.80. The van der Waals surface area contributed by atoms with E-state index in [0.29, 0.717) is 54.7 Å². The number of aromatic carboxylic acids is 1. The molecule has 1 heterocycles. The van der Waals surface area contributed by atoms with Crippen LogP contribution >= 0.6 is 47.8 Å². The molecule has 1 aromatic heterocycles. The summed E-state index contributed by atoms with van der Waals surface area (Å²) in [4.78, 5) is 29.2. The summed E-state index contributed by atoms with van der Waals surface area (Å²) < 4.78 is 14.9. The second-order valence-corrected chi connectivity index (χ2v) is 10.7. The zero-order chi connectivity index (χ0) is 27.4. The van der Waals surface area contributed by atoms with E-state index < -0.39 is 5.97 Å². The molecule has 38 heavy (non-hydrogen) atoms. The van der Waals surface area contributed by atoms with Crippen molar-refractivity contribution in [3.63, 3.8) is 0 Å². The minimum Gasteiger partial charge on any atom is -0.493 e. The van der Waals surface area contributed by atoms with Crippen molar-refractivity contribution in [1.29, 1.82) is 0 Å². The van der Waals surface area contributed by atoms with Gasteiger partial charge in [-0.25, -0.2) is 9.78 Å². The molecule has 0 amide bonds. The van der Waals surface area contributed by atoms with Crippen LogP contribution in [0.15, 0.2) is 71.8 Å². The van der Waals surface area contributed by atoms with Gasteiger partial charge in [-0.15, -0.1) is 0 Å². The lowest BCUT2D eigenvalue weighted by atomic mass is 10.1. The van der Waals surface area contributed by atoms with Gasteiger partial charge in [-0.3, -0.25) is 4.79 Å². The van der Waals surface area contributed by atoms with Gasteiger partial charge in [-0.05, 0) is 80.2 Å². The molecule has 4 rings (SSSR count). The van der Waals surface area contributed by atoms with E-state index in [9.17, 15) is 14.7 Å². The SMILES string of the molecule is CCCc1nc2ccc(Br)cc2c(=O)n1N=Cc1cc(OC)c(OCc2cccc(C(=O)O)c2)c(Br)c1Br. The lowest BCUT2D eigenvalue weighted by Crippen LogP contribution is -2.22. The van der Waals surface area contributed by atoms with E-state index in [1.54, 1.807) is 36.5 Å². The largest absolute Gasteiger partial charge is 0.493 e. The molecule has 1 N–H and O–H groups in total. The van der Waals surface area contributed by atoms with Crippen LogP contribution in [0.5, 0.6) is 11.5 Å². The molecular formula is C27H22Br3N3O5. The topological polar surface area (TPSA) is 103 Å². The predicted molar refractivity (Wildman–Crippen MR) is 157 cm³/mol. The van der Waals surface area contributed by atoms with Crippen molar-refractivity contribution >= 4 is 70.9 Å². The normalized spacial score (nSPS) is 11.3. The molecule has 4 aromatic rings. The first-order valence-corrected chi connectivity index (χ1v) is 13.9. The number of carbonyl (C=O) groups is 1. The number of hydrogen-bond acceptors (Lipinski definition) is 6. The molecule has 11 heteroatoms. The van der Waals surface area contributed by atoms with Gasteiger partial charge in [0.15, 0.2) is 11.5 Å². The van der Waals surface area contributed by atoms with Crippen LogP contribution < -0.4 is 15.0 Å². The number of aromatic nitrogens is 2. The minimum atomic E-state index is -1.01. The zero-order valence-electron chi connectivity index (χ0n) is 20.4. The summed E-state index contributed by atoms with van der Waals surface area (Å²) in [6, 6.07) is 13.7. The van der Waals surface area contributed by atoms with Gasteiger partial charge in [0.2, 0.25) is 0 Å². The highest BCUT2D eigenvalue weighted by Crippen LogP contribution is 2.42. The maximum atomic E-state index is 13.3. The first-order chi connectivity index (χ1) is 18.2. The minimum absolute atomic E-state index is 0.129. The molecule has 0 fully saturated rings. The summed E-state index contributed by atoms with van der Waals surface area (Å²) >= 11 is 10.6. The van der Waals surface area contributed by atoms with Gasteiger partial charge < -0.3 is 14.6 Å². The van der Waals surface area contributed by atoms with Gasteiger partial charge in [-0.2, -0.15) is 9.78 Å². The first-order valence-electron chi connectivity index (χ1n) is 11.5. The van der Waals surface area contributed by atoms with Gasteiger partial charge in [0.1, 0.15) is 12.4 Å². The lowest BCUT2D eigenvalue weighted by molar-refractivity contribution is 0.0696. The molecule has 3 aromatic carbocycles. The Bertz CT molecular complexity index is 1620. The number of nitrogens with zero attached hydrogens (tertiary/aromatic N) is 3. The van der Waals surface area contributed by atoms with E-state index in [0.717, 1.165) is 10.9 Å². The van der Waals surface area contributed by atoms with Crippen molar-refractivity contribution < 1.29 is 19.4 Å². The fraction of sp³-hybridized carbons (Fsp3) is 0.185. The monoisotopic (exact) mass is 705 g/mol. The maximum Gasteiger partial charge on any atom is 0.335 e. The molecule has 0 atom stereocenters. The van der Waals surface area contributed by atoms with Crippen molar-refractivity contribution in [3.8, 4) is 11.5 Å².